The second-order valence-electron chi connectivity index (χ2n) is 5.66. The third-order valence-corrected chi connectivity index (χ3v) is 4.74. The first-order chi connectivity index (χ1) is 9.88. The van der Waals surface area contributed by atoms with E-state index in [0.717, 1.165) is 12.2 Å². The molecule has 1 N–H and O–H groups in total. The average molecular weight is 306 g/mol. The van der Waals surface area contributed by atoms with Crippen LogP contribution in [0.5, 0.6) is 0 Å². The van der Waals surface area contributed by atoms with Crippen LogP contribution in [-0.4, -0.2) is 13.1 Å². The summed E-state index contributed by atoms with van der Waals surface area (Å²) in [5.41, 5.74) is 2.73. The number of halogens is 1. The van der Waals surface area contributed by atoms with E-state index >= 15 is 0 Å². The molecule has 0 aliphatic rings. The number of benzene rings is 1. The van der Waals surface area contributed by atoms with Gasteiger partial charge in [0, 0.05) is 35.1 Å². The molecular weight excluding hydrogens is 283 g/mol. The minimum Gasteiger partial charge on any atom is -0.381 e. The van der Waals surface area contributed by atoms with Gasteiger partial charge < -0.3 is 10.2 Å². The van der Waals surface area contributed by atoms with Crippen LogP contribution in [0, 0.1) is 19.7 Å². The Kier molecular flexibility index (Phi) is 4.88. The van der Waals surface area contributed by atoms with Crippen LogP contribution in [0.2, 0.25) is 0 Å². The number of hydrogen-bond donors (Lipinski definition) is 1. The van der Waals surface area contributed by atoms with E-state index in [1.54, 1.807) is 17.4 Å². The Morgan fingerprint density at radius 3 is 2.48 bits per heavy atom. The molecule has 1 aromatic carbocycles. The van der Waals surface area contributed by atoms with Gasteiger partial charge in [-0.3, -0.25) is 0 Å². The first-order valence-corrected chi connectivity index (χ1v) is 8.02. The first kappa shape index (κ1) is 15.8. The summed E-state index contributed by atoms with van der Waals surface area (Å²) < 4.78 is 14.2. The maximum absolute atomic E-state index is 14.2. The Morgan fingerprint density at radius 1 is 1.24 bits per heavy atom. The van der Waals surface area contributed by atoms with Crippen LogP contribution in [0.3, 0.4) is 0 Å². The zero-order valence-corrected chi connectivity index (χ0v) is 14.1. The molecular formula is C17H23FN2S. The molecule has 1 aromatic heterocycles. The van der Waals surface area contributed by atoms with E-state index < -0.39 is 0 Å². The van der Waals surface area contributed by atoms with Crippen LogP contribution in [0.15, 0.2) is 24.3 Å². The summed E-state index contributed by atoms with van der Waals surface area (Å²) in [6, 6.07) is 7.80. The molecule has 0 aliphatic carbocycles. The van der Waals surface area contributed by atoms with E-state index in [-0.39, 0.29) is 11.9 Å². The highest BCUT2D eigenvalue weighted by Gasteiger charge is 2.11. The van der Waals surface area contributed by atoms with E-state index in [0.29, 0.717) is 5.69 Å². The number of rotatable bonds is 5. The maximum atomic E-state index is 14.2. The second-order valence-corrected chi connectivity index (χ2v) is 7.12. The summed E-state index contributed by atoms with van der Waals surface area (Å²) in [5.74, 6) is -0.186. The van der Waals surface area contributed by atoms with E-state index in [2.05, 4.69) is 25.2 Å². The summed E-state index contributed by atoms with van der Waals surface area (Å²) >= 11 is 1.80. The van der Waals surface area contributed by atoms with Crippen LogP contribution in [0.25, 0.3) is 0 Å². The molecule has 0 aliphatic heterocycles. The molecule has 21 heavy (non-hydrogen) atoms. The zero-order chi connectivity index (χ0) is 15.6. The molecule has 2 aromatic rings. The Morgan fingerprint density at radius 2 is 1.95 bits per heavy atom. The van der Waals surface area contributed by atoms with Crippen molar-refractivity contribution in [3.63, 3.8) is 0 Å². The van der Waals surface area contributed by atoms with Crippen LogP contribution in [-0.2, 0) is 6.54 Å². The Hall–Kier alpha value is -1.55. The van der Waals surface area contributed by atoms with Crippen molar-refractivity contribution in [3.05, 3.63) is 45.4 Å². The van der Waals surface area contributed by atoms with Gasteiger partial charge in [-0.25, -0.2) is 4.39 Å². The minimum atomic E-state index is -0.186. The standard InChI is InChI=1S/C17H23FN2S/c1-11(2)20(5)17-7-6-15(9-16(17)18)19-10-14-8-12(3)21-13(14)4/h6-9,11,19H,10H2,1-5H3. The van der Waals surface area contributed by atoms with Gasteiger partial charge in [-0.2, -0.15) is 0 Å². The van der Waals surface area contributed by atoms with Crippen LogP contribution < -0.4 is 10.2 Å². The first-order valence-electron chi connectivity index (χ1n) is 7.20. The fourth-order valence-corrected chi connectivity index (χ4v) is 3.18. The van der Waals surface area contributed by atoms with Crippen molar-refractivity contribution in [2.45, 2.75) is 40.3 Å². The summed E-state index contributed by atoms with van der Waals surface area (Å²) in [7, 11) is 1.91. The molecule has 0 bridgehead atoms. The molecule has 0 spiro atoms. The molecule has 114 valence electrons. The molecule has 0 radical (unpaired) electrons. The molecule has 0 atom stereocenters. The molecule has 0 saturated heterocycles. The lowest BCUT2D eigenvalue weighted by molar-refractivity contribution is 0.614. The SMILES string of the molecule is Cc1cc(CNc2ccc(N(C)C(C)C)c(F)c2)c(C)s1. The number of hydrogen-bond acceptors (Lipinski definition) is 3. The molecule has 0 unspecified atom stereocenters. The highest BCUT2D eigenvalue weighted by atomic mass is 32.1. The largest absolute Gasteiger partial charge is 0.381 e. The van der Waals surface area contributed by atoms with Crippen LogP contribution in [0.4, 0.5) is 15.8 Å². The smallest absolute Gasteiger partial charge is 0.148 e. The fourth-order valence-electron chi connectivity index (χ4n) is 2.24. The van der Waals surface area contributed by atoms with Gasteiger partial charge in [0.25, 0.3) is 0 Å². The van der Waals surface area contributed by atoms with E-state index in [4.69, 9.17) is 0 Å². The molecule has 2 nitrogen and oxygen atoms in total. The van der Waals surface area contributed by atoms with Crippen molar-refractivity contribution in [2.75, 3.05) is 17.3 Å². The zero-order valence-electron chi connectivity index (χ0n) is 13.3. The number of nitrogens with zero attached hydrogens (tertiary/aromatic N) is 1. The number of nitrogens with one attached hydrogen (secondary N) is 1. The lowest BCUT2D eigenvalue weighted by Crippen LogP contribution is -2.26. The monoisotopic (exact) mass is 306 g/mol. The summed E-state index contributed by atoms with van der Waals surface area (Å²) in [4.78, 5) is 4.56. The molecule has 0 saturated carbocycles. The van der Waals surface area contributed by atoms with Gasteiger partial charge in [0.2, 0.25) is 0 Å². The van der Waals surface area contributed by atoms with Crippen LogP contribution in [0.1, 0.15) is 29.2 Å². The van der Waals surface area contributed by atoms with Gasteiger partial charge in [-0.1, -0.05) is 0 Å². The Labute approximate surface area is 130 Å². The van der Waals surface area contributed by atoms with Crippen LogP contribution >= 0.6 is 11.3 Å². The molecule has 1 heterocycles. The lowest BCUT2D eigenvalue weighted by Gasteiger charge is -2.24. The topological polar surface area (TPSA) is 15.3 Å². The Bertz CT molecular complexity index is 619. The predicted molar refractivity (Wildman–Crippen MR) is 91.1 cm³/mol. The molecule has 4 heteroatoms. The van der Waals surface area contributed by atoms with Crippen molar-refractivity contribution in [1.82, 2.24) is 0 Å². The summed E-state index contributed by atoms with van der Waals surface area (Å²) in [6.45, 7) is 9.06. The van der Waals surface area contributed by atoms with Crippen molar-refractivity contribution < 1.29 is 4.39 Å². The quantitative estimate of drug-likeness (QED) is 0.840. The van der Waals surface area contributed by atoms with Crippen molar-refractivity contribution in [1.29, 1.82) is 0 Å². The van der Waals surface area contributed by atoms with Crippen molar-refractivity contribution in [2.24, 2.45) is 0 Å². The highest BCUT2D eigenvalue weighted by Crippen LogP contribution is 2.25. The van der Waals surface area contributed by atoms with Gasteiger partial charge in [0.15, 0.2) is 0 Å². The van der Waals surface area contributed by atoms with Gasteiger partial charge in [0.05, 0.1) is 5.69 Å². The average Bonchev–Trinajstić information content (AvgIpc) is 2.74. The fraction of sp³-hybridized carbons (Fsp3) is 0.412. The predicted octanol–water partition coefficient (Wildman–Crippen LogP) is 4.96. The van der Waals surface area contributed by atoms with Crippen molar-refractivity contribution >= 4 is 22.7 Å². The lowest BCUT2D eigenvalue weighted by atomic mass is 10.2. The highest BCUT2D eigenvalue weighted by molar-refractivity contribution is 7.12. The second kappa shape index (κ2) is 6.48. The van der Waals surface area contributed by atoms with Gasteiger partial charge in [-0.05, 0) is 57.5 Å². The molecule has 2 rings (SSSR count). The maximum Gasteiger partial charge on any atom is 0.148 e. The Balaban J connectivity index is 2.08. The minimum absolute atomic E-state index is 0.186. The molecule has 0 amide bonds. The number of thiophene rings is 1. The normalized spacial score (nSPS) is 11.0. The van der Waals surface area contributed by atoms with E-state index in [1.807, 2.05) is 37.9 Å². The third kappa shape index (κ3) is 3.76. The number of anilines is 2. The van der Waals surface area contributed by atoms with E-state index in [1.165, 1.54) is 15.3 Å². The summed E-state index contributed by atoms with van der Waals surface area (Å²) in [6.07, 6.45) is 0. The van der Waals surface area contributed by atoms with Gasteiger partial charge in [-0.15, -0.1) is 11.3 Å². The third-order valence-electron chi connectivity index (χ3n) is 3.73. The van der Waals surface area contributed by atoms with Crippen molar-refractivity contribution in [3.8, 4) is 0 Å². The van der Waals surface area contributed by atoms with E-state index in [9.17, 15) is 4.39 Å². The number of aryl methyl sites for hydroxylation is 2. The van der Waals surface area contributed by atoms with Gasteiger partial charge in [0.1, 0.15) is 5.82 Å². The summed E-state index contributed by atoms with van der Waals surface area (Å²) in [5, 5.41) is 3.30. The van der Waals surface area contributed by atoms with Gasteiger partial charge >= 0.3 is 0 Å². The molecule has 0 fully saturated rings.